The lowest BCUT2D eigenvalue weighted by Crippen LogP contribution is -2.57. The Labute approximate surface area is 216 Å². The van der Waals surface area contributed by atoms with Crippen LogP contribution in [0, 0.1) is 0 Å². The van der Waals surface area contributed by atoms with Crippen molar-refractivity contribution in [2.75, 3.05) is 13.2 Å². The van der Waals surface area contributed by atoms with E-state index in [0.717, 1.165) is 21.9 Å². The Balaban J connectivity index is 1.46. The van der Waals surface area contributed by atoms with E-state index in [9.17, 15) is 40.9 Å². The summed E-state index contributed by atoms with van der Waals surface area (Å²) in [5.41, 5.74) is 0.241. The van der Waals surface area contributed by atoms with E-state index >= 15 is 0 Å². The molecule has 0 aromatic heterocycles. The molecule has 4 rings (SSSR count). The molecular weight excluding hydrogens is 512 g/mol. The molecule has 0 bridgehead atoms. The number of benzene rings is 2. The second-order valence-corrected chi connectivity index (χ2v) is 11.1. The van der Waals surface area contributed by atoms with Gasteiger partial charge in [0, 0.05) is 11.5 Å². The molecule has 0 saturated carbocycles. The van der Waals surface area contributed by atoms with Crippen molar-refractivity contribution in [3.63, 3.8) is 0 Å². The lowest BCUT2D eigenvalue weighted by Gasteiger charge is -2.39. The zero-order chi connectivity index (χ0) is 26.0. The Morgan fingerprint density at radius 3 is 1.31 bits per heavy atom. The summed E-state index contributed by atoms with van der Waals surface area (Å²) >= 11 is 2.51. The van der Waals surface area contributed by atoms with Gasteiger partial charge in [-0.1, -0.05) is 36.4 Å². The third-order valence-corrected chi connectivity index (χ3v) is 9.00. The molecule has 36 heavy (non-hydrogen) atoms. The highest BCUT2D eigenvalue weighted by atomic mass is 32.2. The zero-order valence-electron chi connectivity index (χ0n) is 19.3. The first kappa shape index (κ1) is 28.0. The first-order chi connectivity index (χ1) is 17.3. The Morgan fingerprint density at radius 1 is 0.556 bits per heavy atom. The molecule has 2 saturated heterocycles. The fourth-order valence-electron chi connectivity index (χ4n) is 4.43. The second kappa shape index (κ2) is 12.2. The maximum Gasteiger partial charge on any atom is 0.132 e. The van der Waals surface area contributed by atoms with Gasteiger partial charge in [0.05, 0.1) is 13.2 Å². The molecule has 0 amide bonds. The molecule has 0 radical (unpaired) electrons. The van der Waals surface area contributed by atoms with Crippen LogP contribution in [0.4, 0.5) is 0 Å². The van der Waals surface area contributed by atoms with Crippen LogP contribution in [0.5, 0.6) is 0 Å². The number of fused-ring (bicyclic) bond motifs is 1. The first-order valence-electron chi connectivity index (χ1n) is 11.6. The van der Waals surface area contributed by atoms with E-state index in [1.165, 1.54) is 23.5 Å². The topological polar surface area (TPSA) is 180 Å². The highest BCUT2D eigenvalue weighted by Gasteiger charge is 2.44. The van der Waals surface area contributed by atoms with Gasteiger partial charge in [0.2, 0.25) is 0 Å². The largest absolute Gasteiger partial charge is 0.394 e. The number of aliphatic hydroxyl groups excluding tert-OH is 8. The molecule has 0 aliphatic carbocycles. The van der Waals surface area contributed by atoms with Crippen LogP contribution in [-0.4, -0.2) is 114 Å². The average molecular weight is 545 g/mol. The van der Waals surface area contributed by atoms with Crippen molar-refractivity contribution < 1.29 is 50.3 Å². The van der Waals surface area contributed by atoms with Crippen LogP contribution in [0.3, 0.4) is 0 Å². The number of thioether (sulfide) groups is 2. The molecule has 0 unspecified atom stereocenters. The summed E-state index contributed by atoms with van der Waals surface area (Å²) in [4.78, 5) is 0. The van der Waals surface area contributed by atoms with Gasteiger partial charge in [-0.3, -0.25) is 0 Å². The van der Waals surface area contributed by atoms with Crippen molar-refractivity contribution >= 4 is 34.3 Å². The van der Waals surface area contributed by atoms with Crippen LogP contribution in [0.2, 0.25) is 0 Å². The summed E-state index contributed by atoms with van der Waals surface area (Å²) in [5, 5.41) is 81.4. The second-order valence-electron chi connectivity index (χ2n) is 8.95. The Hall–Kier alpha value is -1.00. The SMILES string of the molecule is OC[C@H]1O[C@@H](SCc2ccc(CS[C@@H]3O[C@H](CO)[C@H](O)[C@H](O)[C@H]3O)c3ccccc23)[C@H](O)[C@@H](O)[C@H]1O. The van der Waals surface area contributed by atoms with Crippen molar-refractivity contribution in [3.8, 4) is 0 Å². The summed E-state index contributed by atoms with van der Waals surface area (Å²) in [6.07, 6.45) is -10.2. The van der Waals surface area contributed by atoms with Gasteiger partial charge in [0.15, 0.2) is 0 Å². The number of rotatable bonds is 8. The van der Waals surface area contributed by atoms with Crippen LogP contribution in [0.1, 0.15) is 11.1 Å². The standard InChI is InChI=1S/C24H32O10S2/c25-7-15-17(27)19(29)21(31)23(33-15)35-9-11-5-6-12(14-4-2-1-3-13(11)14)10-36-24-22(32)20(30)18(28)16(8-26)34-24/h1-6,15-32H,7-10H2/t15-,16-,17+,18+,19+,20+,21-,22-,23+,24+/m1/s1. The lowest BCUT2D eigenvalue weighted by atomic mass is 10.0. The summed E-state index contributed by atoms with van der Waals surface area (Å²) in [7, 11) is 0. The van der Waals surface area contributed by atoms with Crippen molar-refractivity contribution in [1.82, 2.24) is 0 Å². The van der Waals surface area contributed by atoms with E-state index in [1.807, 2.05) is 36.4 Å². The van der Waals surface area contributed by atoms with Gasteiger partial charge >= 0.3 is 0 Å². The van der Waals surface area contributed by atoms with Crippen LogP contribution in [0.15, 0.2) is 36.4 Å². The molecule has 200 valence electrons. The van der Waals surface area contributed by atoms with Crippen LogP contribution < -0.4 is 0 Å². The Morgan fingerprint density at radius 2 is 0.944 bits per heavy atom. The fraction of sp³-hybridized carbons (Fsp3) is 0.583. The fourth-order valence-corrected chi connectivity index (χ4v) is 6.78. The van der Waals surface area contributed by atoms with Gasteiger partial charge in [0.1, 0.15) is 59.7 Å². The zero-order valence-corrected chi connectivity index (χ0v) is 20.9. The van der Waals surface area contributed by atoms with Gasteiger partial charge in [-0.05, 0) is 21.9 Å². The number of aliphatic hydroxyl groups is 8. The number of hydrogen-bond donors (Lipinski definition) is 8. The summed E-state index contributed by atoms with van der Waals surface area (Å²) in [5.74, 6) is 0.868. The summed E-state index contributed by atoms with van der Waals surface area (Å²) in [6, 6.07) is 11.6. The van der Waals surface area contributed by atoms with E-state index in [-0.39, 0.29) is 0 Å². The molecule has 10 atom stereocenters. The van der Waals surface area contributed by atoms with E-state index < -0.39 is 72.9 Å². The monoisotopic (exact) mass is 544 g/mol. The highest BCUT2D eigenvalue weighted by molar-refractivity contribution is 7.99. The molecule has 2 aliphatic rings. The minimum atomic E-state index is -1.42. The van der Waals surface area contributed by atoms with Crippen LogP contribution in [0.25, 0.3) is 10.8 Å². The van der Waals surface area contributed by atoms with Crippen LogP contribution >= 0.6 is 23.5 Å². The predicted octanol–water partition coefficient (Wildman–Crippen LogP) is -1.09. The lowest BCUT2D eigenvalue weighted by molar-refractivity contribution is -0.205. The van der Waals surface area contributed by atoms with E-state index in [4.69, 9.17) is 9.47 Å². The average Bonchev–Trinajstić information content (AvgIpc) is 2.90. The predicted molar refractivity (Wildman–Crippen MR) is 134 cm³/mol. The molecule has 2 aliphatic heterocycles. The number of ether oxygens (including phenoxy) is 2. The molecule has 2 heterocycles. The summed E-state index contributed by atoms with van der Waals surface area (Å²) < 4.78 is 11.2. The molecule has 2 aromatic carbocycles. The molecule has 0 spiro atoms. The van der Waals surface area contributed by atoms with E-state index in [1.54, 1.807) is 0 Å². The number of hydrogen-bond acceptors (Lipinski definition) is 12. The van der Waals surface area contributed by atoms with Crippen molar-refractivity contribution in [3.05, 3.63) is 47.5 Å². The maximum absolute atomic E-state index is 10.3. The molecule has 2 fully saturated rings. The molecule has 8 N–H and O–H groups in total. The maximum atomic E-state index is 10.3. The molecule has 2 aromatic rings. The van der Waals surface area contributed by atoms with Gasteiger partial charge in [-0.2, -0.15) is 0 Å². The minimum absolute atomic E-state index is 0.434. The van der Waals surface area contributed by atoms with Gasteiger partial charge in [-0.15, -0.1) is 23.5 Å². The molecular formula is C24H32O10S2. The third-order valence-electron chi connectivity index (χ3n) is 6.61. The molecule has 10 nitrogen and oxygen atoms in total. The normalized spacial score (nSPS) is 37.3. The van der Waals surface area contributed by atoms with Crippen molar-refractivity contribution in [1.29, 1.82) is 0 Å². The van der Waals surface area contributed by atoms with E-state index in [2.05, 4.69) is 0 Å². The van der Waals surface area contributed by atoms with Gasteiger partial charge in [-0.25, -0.2) is 0 Å². The Kier molecular flexibility index (Phi) is 9.53. The van der Waals surface area contributed by atoms with Gasteiger partial charge < -0.3 is 50.3 Å². The minimum Gasteiger partial charge on any atom is -0.394 e. The van der Waals surface area contributed by atoms with Crippen molar-refractivity contribution in [2.24, 2.45) is 0 Å². The Bertz CT molecular complexity index is 930. The van der Waals surface area contributed by atoms with Crippen LogP contribution in [-0.2, 0) is 21.0 Å². The van der Waals surface area contributed by atoms with Gasteiger partial charge in [0.25, 0.3) is 0 Å². The van der Waals surface area contributed by atoms with Crippen molar-refractivity contribution in [2.45, 2.75) is 71.2 Å². The summed E-state index contributed by atoms with van der Waals surface area (Å²) in [6.45, 7) is -0.961. The quantitative estimate of drug-likeness (QED) is 0.201. The molecule has 12 heteroatoms. The van der Waals surface area contributed by atoms with E-state index in [0.29, 0.717) is 11.5 Å². The smallest absolute Gasteiger partial charge is 0.132 e. The third kappa shape index (κ3) is 5.70. The first-order valence-corrected chi connectivity index (χ1v) is 13.7. The highest BCUT2D eigenvalue weighted by Crippen LogP contribution is 2.35.